The molecule has 182 valence electrons. The van der Waals surface area contributed by atoms with Gasteiger partial charge in [-0.2, -0.15) is 0 Å². The van der Waals surface area contributed by atoms with E-state index in [4.69, 9.17) is 16.7 Å². The normalized spacial score (nSPS) is 12.3. The highest BCUT2D eigenvalue weighted by Crippen LogP contribution is 2.29. The van der Waals surface area contributed by atoms with Crippen LogP contribution in [0.15, 0.2) is 72.8 Å². The zero-order valence-corrected chi connectivity index (χ0v) is 19.8. The van der Waals surface area contributed by atoms with E-state index in [-0.39, 0.29) is 12.8 Å². The summed E-state index contributed by atoms with van der Waals surface area (Å²) in [7, 11) is 0. The molecule has 9 heteroatoms. The number of nitrogens with one attached hydrogen (secondary N) is 3. The summed E-state index contributed by atoms with van der Waals surface area (Å²) in [5, 5.41) is 22.0. The van der Waals surface area contributed by atoms with Crippen LogP contribution in [0.25, 0.3) is 11.1 Å². The van der Waals surface area contributed by atoms with Crippen LogP contribution in [-0.2, 0) is 20.8 Å². The van der Waals surface area contributed by atoms with Crippen molar-refractivity contribution < 1.29 is 24.6 Å². The van der Waals surface area contributed by atoms with E-state index in [1.165, 1.54) is 0 Å². The fourth-order valence-electron chi connectivity index (χ4n) is 3.46. The first-order valence-electron chi connectivity index (χ1n) is 10.9. The fourth-order valence-corrected chi connectivity index (χ4v) is 3.77. The van der Waals surface area contributed by atoms with Crippen LogP contribution in [0.2, 0.25) is 5.02 Å². The number of carbonyl (C=O) groups excluding carboxylic acids is 2. The molecule has 0 aliphatic rings. The summed E-state index contributed by atoms with van der Waals surface area (Å²) in [6, 6.07) is 21.2. The number of aliphatic hydroxyl groups excluding tert-OH is 1. The van der Waals surface area contributed by atoms with Crippen molar-refractivity contribution in [2.45, 2.75) is 31.9 Å². The Balaban J connectivity index is 1.68. The first-order valence-corrected chi connectivity index (χ1v) is 11.3. The zero-order chi connectivity index (χ0) is 25.4. The minimum absolute atomic E-state index is 0.156. The summed E-state index contributed by atoms with van der Waals surface area (Å²) in [6.07, 6.45) is -1.85. The smallest absolute Gasteiger partial charge is 0.332 e. The van der Waals surface area contributed by atoms with Crippen LogP contribution in [0, 0.1) is 6.92 Å². The molecule has 0 unspecified atom stereocenters. The summed E-state index contributed by atoms with van der Waals surface area (Å²) in [5.41, 5.74) is 9.03. The van der Waals surface area contributed by atoms with Gasteiger partial charge in [-0.05, 0) is 42.7 Å². The molecule has 0 aliphatic carbocycles. The van der Waals surface area contributed by atoms with Gasteiger partial charge in [-0.15, -0.1) is 0 Å². The highest BCUT2D eigenvalue weighted by Gasteiger charge is 2.24. The second-order valence-electron chi connectivity index (χ2n) is 8.09. The molecule has 8 nitrogen and oxygen atoms in total. The number of benzene rings is 3. The molecular weight excluding hydrogens is 470 g/mol. The largest absolute Gasteiger partial charge is 0.479 e. The van der Waals surface area contributed by atoms with Crippen molar-refractivity contribution in [2.24, 2.45) is 0 Å². The van der Waals surface area contributed by atoms with Gasteiger partial charge in [0.15, 0.2) is 6.10 Å². The number of aliphatic carboxylic acids is 1. The number of amides is 2. The molecular formula is C26H26ClN3O5. The maximum absolute atomic E-state index is 12.5. The van der Waals surface area contributed by atoms with Gasteiger partial charge < -0.3 is 15.5 Å². The first kappa shape index (κ1) is 25.7. The summed E-state index contributed by atoms with van der Waals surface area (Å²) in [5.74, 6) is -3.36. The van der Waals surface area contributed by atoms with E-state index in [0.29, 0.717) is 16.3 Å². The number of anilines is 1. The second-order valence-corrected chi connectivity index (χ2v) is 8.50. The molecule has 0 heterocycles. The van der Waals surface area contributed by atoms with Gasteiger partial charge in [0.25, 0.3) is 0 Å². The predicted octanol–water partition coefficient (Wildman–Crippen LogP) is 3.32. The molecule has 0 aliphatic heterocycles. The van der Waals surface area contributed by atoms with Gasteiger partial charge in [0.05, 0.1) is 5.69 Å². The van der Waals surface area contributed by atoms with E-state index in [2.05, 4.69) is 16.2 Å². The lowest BCUT2D eigenvalue weighted by atomic mass is 9.97. The number of hydrogen-bond acceptors (Lipinski definition) is 5. The molecule has 35 heavy (non-hydrogen) atoms. The number of carboxylic acids is 1. The van der Waals surface area contributed by atoms with Crippen molar-refractivity contribution in [3.05, 3.63) is 88.9 Å². The number of carboxylic acid groups (broad SMARTS) is 1. The Labute approximate surface area is 207 Å². The third kappa shape index (κ3) is 7.56. The summed E-state index contributed by atoms with van der Waals surface area (Å²) >= 11 is 6.47. The van der Waals surface area contributed by atoms with Gasteiger partial charge in [0, 0.05) is 23.0 Å². The lowest BCUT2D eigenvalue weighted by Gasteiger charge is -2.21. The highest BCUT2D eigenvalue weighted by molar-refractivity contribution is 6.35. The van der Waals surface area contributed by atoms with Crippen molar-refractivity contribution >= 4 is 35.1 Å². The average Bonchev–Trinajstić information content (AvgIpc) is 2.84. The Bertz CT molecular complexity index is 1190. The standard InChI is InChI=1S/C26H26ClN3O5/c1-16-7-10-19(11-8-16)29-30-25(33)24(32)28-20(15-23(31)26(34)35)13-17-9-12-21(22(27)14-17)18-5-3-2-4-6-18/h2-12,14,20,23,29,31H,13,15H2,1H3,(H,28,32)(H,30,33)(H,34,35)/t20-,23-/m1/s1. The number of aliphatic hydroxyl groups is 1. The number of carbonyl (C=O) groups is 3. The number of hydrogen-bond donors (Lipinski definition) is 5. The summed E-state index contributed by atoms with van der Waals surface area (Å²) in [6.45, 7) is 1.92. The monoisotopic (exact) mass is 495 g/mol. The average molecular weight is 496 g/mol. The SMILES string of the molecule is Cc1ccc(NNC(=O)C(=O)N[C@H](Cc2ccc(-c3ccccc3)c(Cl)c2)C[C@@H](O)C(=O)O)cc1. The lowest BCUT2D eigenvalue weighted by Crippen LogP contribution is -2.48. The van der Waals surface area contributed by atoms with Gasteiger partial charge >= 0.3 is 17.8 Å². The fraction of sp³-hybridized carbons (Fsp3) is 0.192. The van der Waals surface area contributed by atoms with Crippen molar-refractivity contribution in [3.63, 3.8) is 0 Å². The lowest BCUT2D eigenvalue weighted by molar-refractivity contribution is -0.147. The summed E-state index contributed by atoms with van der Waals surface area (Å²) < 4.78 is 0. The number of rotatable bonds is 9. The Morgan fingerprint density at radius 1 is 0.943 bits per heavy atom. The van der Waals surface area contributed by atoms with Crippen molar-refractivity contribution in [3.8, 4) is 11.1 Å². The van der Waals surface area contributed by atoms with Crippen molar-refractivity contribution in [1.82, 2.24) is 10.7 Å². The minimum Gasteiger partial charge on any atom is -0.479 e. The van der Waals surface area contributed by atoms with E-state index >= 15 is 0 Å². The molecule has 0 aromatic heterocycles. The van der Waals surface area contributed by atoms with E-state index in [0.717, 1.165) is 16.7 Å². The number of aryl methyl sites for hydroxylation is 1. The van der Waals surface area contributed by atoms with Crippen molar-refractivity contribution in [1.29, 1.82) is 0 Å². The molecule has 0 saturated heterocycles. The van der Waals surface area contributed by atoms with Gasteiger partial charge in [0.2, 0.25) is 0 Å². The Morgan fingerprint density at radius 2 is 1.63 bits per heavy atom. The van der Waals surface area contributed by atoms with Gasteiger partial charge in [0.1, 0.15) is 0 Å². The van der Waals surface area contributed by atoms with Crippen LogP contribution in [0.1, 0.15) is 17.5 Å². The number of hydrazine groups is 1. The minimum atomic E-state index is -1.71. The van der Waals surface area contributed by atoms with E-state index in [9.17, 15) is 19.5 Å². The van der Waals surface area contributed by atoms with Crippen LogP contribution in [-0.4, -0.2) is 40.1 Å². The maximum atomic E-state index is 12.5. The maximum Gasteiger partial charge on any atom is 0.332 e. The highest BCUT2D eigenvalue weighted by atomic mass is 35.5. The van der Waals surface area contributed by atoms with Crippen LogP contribution in [0.5, 0.6) is 0 Å². The molecule has 3 rings (SSSR count). The molecule has 0 fully saturated rings. The first-order chi connectivity index (χ1) is 16.7. The van der Waals surface area contributed by atoms with E-state index in [1.807, 2.05) is 55.5 Å². The zero-order valence-electron chi connectivity index (χ0n) is 19.0. The van der Waals surface area contributed by atoms with E-state index in [1.54, 1.807) is 24.3 Å². The molecule has 0 radical (unpaired) electrons. The molecule has 2 amide bonds. The molecule has 3 aromatic carbocycles. The third-order valence-corrected chi connectivity index (χ3v) is 5.62. The summed E-state index contributed by atoms with van der Waals surface area (Å²) in [4.78, 5) is 35.9. The molecule has 2 atom stereocenters. The Hall–Kier alpha value is -3.88. The molecule has 0 bridgehead atoms. The third-order valence-electron chi connectivity index (χ3n) is 5.31. The Morgan fingerprint density at radius 3 is 2.26 bits per heavy atom. The van der Waals surface area contributed by atoms with Gasteiger partial charge in [-0.3, -0.25) is 20.4 Å². The molecule has 0 spiro atoms. The van der Waals surface area contributed by atoms with Crippen molar-refractivity contribution in [2.75, 3.05) is 5.43 Å². The topological polar surface area (TPSA) is 128 Å². The molecule has 3 aromatic rings. The quantitative estimate of drug-likeness (QED) is 0.229. The van der Waals surface area contributed by atoms with Gasteiger partial charge in [-0.1, -0.05) is 71.8 Å². The second kappa shape index (κ2) is 12.0. The van der Waals surface area contributed by atoms with Gasteiger partial charge in [-0.25, -0.2) is 4.79 Å². The van der Waals surface area contributed by atoms with E-state index < -0.39 is 29.9 Å². The molecule has 5 N–H and O–H groups in total. The van der Waals surface area contributed by atoms with Crippen LogP contribution < -0.4 is 16.2 Å². The molecule has 0 saturated carbocycles. The number of halogens is 1. The predicted molar refractivity (Wildman–Crippen MR) is 134 cm³/mol. The van der Waals surface area contributed by atoms with Crippen LogP contribution >= 0.6 is 11.6 Å². The van der Waals surface area contributed by atoms with Crippen LogP contribution in [0.3, 0.4) is 0 Å². The van der Waals surface area contributed by atoms with Crippen LogP contribution in [0.4, 0.5) is 5.69 Å². The Kier molecular flexibility index (Phi) is 8.83.